The van der Waals surface area contributed by atoms with Crippen molar-refractivity contribution in [2.45, 2.75) is 17.5 Å². The van der Waals surface area contributed by atoms with Crippen molar-refractivity contribution < 1.29 is 9.59 Å². The Hall–Kier alpha value is -4.96. The number of nitrogens with zero attached hydrogens (tertiary/aromatic N) is 2. The van der Waals surface area contributed by atoms with Gasteiger partial charge >= 0.3 is 0 Å². The first-order valence-electron chi connectivity index (χ1n) is 13.2. The normalized spacial score (nSPS) is 21.6. The van der Waals surface area contributed by atoms with E-state index >= 15 is 9.59 Å². The van der Waals surface area contributed by atoms with Gasteiger partial charge in [0.1, 0.15) is 0 Å². The highest BCUT2D eigenvalue weighted by molar-refractivity contribution is 6.28. The maximum absolute atomic E-state index is 15.1. The van der Waals surface area contributed by atoms with E-state index in [4.69, 9.17) is 0 Å². The summed E-state index contributed by atoms with van der Waals surface area (Å²) >= 11 is 0. The summed E-state index contributed by atoms with van der Waals surface area (Å²) in [6, 6.07) is 47.2. The summed E-state index contributed by atoms with van der Waals surface area (Å²) in [5.41, 5.74) is 2.32. The third kappa shape index (κ3) is 3.12. The van der Waals surface area contributed by atoms with Gasteiger partial charge < -0.3 is 0 Å². The van der Waals surface area contributed by atoms with Crippen molar-refractivity contribution in [1.82, 2.24) is 0 Å². The van der Waals surface area contributed by atoms with E-state index in [0.717, 1.165) is 33.6 Å². The number of hydrogen-bond acceptors (Lipinski definition) is 2. The van der Waals surface area contributed by atoms with Gasteiger partial charge in [-0.15, -0.1) is 0 Å². The topological polar surface area (TPSA) is 40.6 Å². The number of fused-ring (bicyclic) bond motifs is 2. The number of rotatable bonds is 5. The van der Waals surface area contributed by atoms with Crippen LogP contribution in [0.25, 0.3) is 0 Å². The van der Waals surface area contributed by atoms with E-state index < -0.39 is 11.1 Å². The lowest BCUT2D eigenvalue weighted by Crippen LogP contribution is -2.80. The second-order valence-corrected chi connectivity index (χ2v) is 10.1. The zero-order valence-corrected chi connectivity index (χ0v) is 21.3. The fourth-order valence-corrected chi connectivity index (χ4v) is 6.49. The molecule has 0 aliphatic carbocycles. The van der Waals surface area contributed by atoms with Gasteiger partial charge in [-0.3, -0.25) is 19.4 Å². The highest BCUT2D eigenvalue weighted by Gasteiger charge is 2.71. The minimum Gasteiger partial charge on any atom is -0.279 e. The molecule has 8 rings (SSSR count). The Balaban J connectivity index is 1.65. The van der Waals surface area contributed by atoms with Gasteiger partial charge in [0.05, 0.1) is 0 Å². The minimum absolute atomic E-state index is 0.211. The fourth-order valence-electron chi connectivity index (χ4n) is 6.49. The molecule has 0 N–H and O–H groups in total. The highest BCUT2D eigenvalue weighted by atomic mass is 16.2. The Kier molecular flexibility index (Phi) is 5.24. The second kappa shape index (κ2) is 8.81. The molecule has 0 saturated carbocycles. The maximum atomic E-state index is 15.1. The van der Waals surface area contributed by atoms with E-state index in [1.165, 1.54) is 0 Å². The molecule has 4 heteroatoms. The van der Waals surface area contributed by atoms with Gasteiger partial charge in [-0.05, 0) is 41.8 Å². The average molecular weight is 507 g/mol. The standard InChI is InChI=1S/C35H26N2O2/c38-32-34(25-26-15-5-1-6-16-26)30-23-13-14-24-31(30)35(27-17-7-2-8-18-27,36(32)28-19-9-3-10-20-28)37(33(34)39)29-21-11-4-12-22-29/h1-24H,25H2. The molecule has 2 bridgehead atoms. The molecule has 1 saturated heterocycles. The van der Waals surface area contributed by atoms with Crippen molar-refractivity contribution in [1.29, 1.82) is 0 Å². The number of anilines is 2. The number of carbonyl (C=O) groups excluding carboxylic acids is 2. The molecule has 4 nitrogen and oxygen atoms in total. The van der Waals surface area contributed by atoms with Crippen LogP contribution in [-0.4, -0.2) is 11.8 Å². The molecule has 0 radical (unpaired) electrons. The first kappa shape index (κ1) is 23.2. The molecule has 39 heavy (non-hydrogen) atoms. The number of hydrogen-bond donors (Lipinski definition) is 0. The van der Waals surface area contributed by atoms with E-state index in [9.17, 15) is 0 Å². The zero-order chi connectivity index (χ0) is 26.5. The molecular formula is C35H26N2O2. The predicted molar refractivity (Wildman–Crippen MR) is 153 cm³/mol. The summed E-state index contributed by atoms with van der Waals surface area (Å²) in [7, 11) is 0. The molecule has 5 aromatic rings. The third-order valence-corrected chi connectivity index (χ3v) is 8.06. The van der Waals surface area contributed by atoms with Crippen LogP contribution in [0.1, 0.15) is 22.3 Å². The Morgan fingerprint density at radius 1 is 0.462 bits per heavy atom. The van der Waals surface area contributed by atoms with Crippen LogP contribution < -0.4 is 9.80 Å². The van der Waals surface area contributed by atoms with Crippen LogP contribution in [0, 0.1) is 0 Å². The smallest absolute Gasteiger partial charge is 0.250 e. The Bertz CT molecular complexity index is 1610. The molecule has 188 valence electrons. The Morgan fingerprint density at radius 3 is 1.38 bits per heavy atom. The maximum Gasteiger partial charge on any atom is 0.250 e. The summed E-state index contributed by atoms with van der Waals surface area (Å²) in [5, 5.41) is 0. The second-order valence-electron chi connectivity index (χ2n) is 10.1. The molecule has 0 spiro atoms. The number of amides is 2. The summed E-state index contributed by atoms with van der Waals surface area (Å²) in [4.78, 5) is 34.0. The lowest BCUT2D eigenvalue weighted by Gasteiger charge is -2.63. The average Bonchev–Trinajstić information content (AvgIpc) is 3.00. The summed E-state index contributed by atoms with van der Waals surface area (Å²) < 4.78 is 0. The molecule has 1 fully saturated rings. The van der Waals surface area contributed by atoms with Crippen molar-refractivity contribution in [3.05, 3.63) is 168 Å². The molecule has 5 aromatic carbocycles. The van der Waals surface area contributed by atoms with E-state index in [0.29, 0.717) is 0 Å². The van der Waals surface area contributed by atoms with Gasteiger partial charge in [0, 0.05) is 22.5 Å². The van der Waals surface area contributed by atoms with E-state index in [-0.39, 0.29) is 18.2 Å². The number of carbonyl (C=O) groups is 2. The van der Waals surface area contributed by atoms with Gasteiger partial charge in [0.25, 0.3) is 0 Å². The highest BCUT2D eigenvalue weighted by Crippen LogP contribution is 2.58. The van der Waals surface area contributed by atoms with Crippen LogP contribution in [-0.2, 0) is 27.1 Å². The molecule has 0 aromatic heterocycles. The van der Waals surface area contributed by atoms with E-state index in [2.05, 4.69) is 6.07 Å². The minimum atomic E-state index is -1.43. The largest absolute Gasteiger partial charge is 0.279 e. The van der Waals surface area contributed by atoms with E-state index in [1.54, 1.807) is 0 Å². The Morgan fingerprint density at radius 2 is 0.872 bits per heavy atom. The Labute approximate surface area is 227 Å². The molecular weight excluding hydrogens is 480 g/mol. The third-order valence-electron chi connectivity index (χ3n) is 8.06. The molecule has 3 heterocycles. The summed E-state index contributed by atoms with van der Waals surface area (Å²) in [6.07, 6.45) is 0.264. The van der Waals surface area contributed by atoms with Crippen molar-refractivity contribution in [3.63, 3.8) is 0 Å². The fraction of sp³-hybridized carbons (Fsp3) is 0.0857. The first-order chi connectivity index (χ1) is 19.2. The summed E-state index contributed by atoms with van der Waals surface area (Å²) in [5.74, 6) is -0.422. The van der Waals surface area contributed by atoms with Crippen LogP contribution in [0.5, 0.6) is 0 Å². The SMILES string of the molecule is O=C1N(c2ccccc2)C2(c3ccccc3)c3ccccc3C1(Cc1ccccc1)C(=O)N2c1ccccc1. The van der Waals surface area contributed by atoms with Gasteiger partial charge in [-0.2, -0.15) is 0 Å². The molecule has 0 atom stereocenters. The molecule has 3 aliphatic rings. The van der Waals surface area contributed by atoms with Gasteiger partial charge in [-0.1, -0.05) is 121 Å². The number of benzene rings is 5. The van der Waals surface area contributed by atoms with Crippen LogP contribution in [0.2, 0.25) is 0 Å². The molecule has 3 aliphatic heterocycles. The van der Waals surface area contributed by atoms with Gasteiger partial charge in [0.15, 0.2) is 11.1 Å². The summed E-state index contributed by atoms with van der Waals surface area (Å²) in [6.45, 7) is 0. The van der Waals surface area contributed by atoms with Gasteiger partial charge in [-0.25, -0.2) is 0 Å². The van der Waals surface area contributed by atoms with Crippen molar-refractivity contribution in [3.8, 4) is 0 Å². The lowest BCUT2D eigenvalue weighted by molar-refractivity contribution is -0.141. The van der Waals surface area contributed by atoms with E-state index in [1.807, 2.05) is 149 Å². The molecule has 2 amide bonds. The predicted octanol–water partition coefficient (Wildman–Crippen LogP) is 6.46. The van der Waals surface area contributed by atoms with Crippen LogP contribution in [0.4, 0.5) is 11.4 Å². The van der Waals surface area contributed by atoms with Gasteiger partial charge in [0.2, 0.25) is 11.8 Å². The molecule has 0 unspecified atom stereocenters. The van der Waals surface area contributed by atoms with Crippen LogP contribution in [0.15, 0.2) is 146 Å². The lowest BCUT2D eigenvalue weighted by atomic mass is 9.60. The van der Waals surface area contributed by atoms with Crippen molar-refractivity contribution in [2.75, 3.05) is 9.80 Å². The van der Waals surface area contributed by atoms with Crippen molar-refractivity contribution in [2.24, 2.45) is 0 Å². The zero-order valence-electron chi connectivity index (χ0n) is 21.3. The van der Waals surface area contributed by atoms with Crippen LogP contribution >= 0.6 is 0 Å². The monoisotopic (exact) mass is 506 g/mol. The first-order valence-corrected chi connectivity index (χ1v) is 13.2. The quantitative estimate of drug-likeness (QED) is 0.257. The van der Waals surface area contributed by atoms with Crippen molar-refractivity contribution >= 4 is 23.2 Å². The van der Waals surface area contributed by atoms with Crippen LogP contribution in [0.3, 0.4) is 0 Å². The number of para-hydroxylation sites is 2.